The molecule has 4 rings (SSSR count). The van der Waals surface area contributed by atoms with Crippen LogP contribution in [0.2, 0.25) is 0 Å². The van der Waals surface area contributed by atoms with Crippen LogP contribution >= 0.6 is 11.3 Å². The SMILES string of the molecule is O=C(ON1C(=O)c2ccccc2C1=O)c1csc(N2CCCCC2)n1. The van der Waals surface area contributed by atoms with Crippen molar-refractivity contribution >= 4 is 34.3 Å². The van der Waals surface area contributed by atoms with Crippen LogP contribution in [-0.4, -0.2) is 40.9 Å². The molecular weight excluding hydrogens is 342 g/mol. The maximum atomic E-state index is 12.3. The van der Waals surface area contributed by atoms with Crippen molar-refractivity contribution in [3.05, 3.63) is 46.5 Å². The fourth-order valence-electron chi connectivity index (χ4n) is 2.97. The fraction of sp³-hybridized carbons (Fsp3) is 0.294. The first-order valence-electron chi connectivity index (χ1n) is 8.06. The number of aromatic nitrogens is 1. The Morgan fingerprint density at radius 3 is 2.32 bits per heavy atom. The molecule has 0 unspecified atom stereocenters. The Labute approximate surface area is 147 Å². The number of carbonyl (C=O) groups excluding carboxylic acids is 3. The zero-order valence-electron chi connectivity index (χ0n) is 13.3. The summed E-state index contributed by atoms with van der Waals surface area (Å²) in [4.78, 5) is 48.2. The molecule has 0 atom stereocenters. The first kappa shape index (κ1) is 15.8. The van der Waals surface area contributed by atoms with Gasteiger partial charge in [0.1, 0.15) is 0 Å². The summed E-state index contributed by atoms with van der Waals surface area (Å²) in [6.07, 6.45) is 3.42. The molecular formula is C17H15N3O4S. The number of benzene rings is 1. The smallest absolute Gasteiger partial charge is 0.348 e. The van der Waals surface area contributed by atoms with Crippen molar-refractivity contribution in [3.63, 3.8) is 0 Å². The van der Waals surface area contributed by atoms with Gasteiger partial charge in [-0.2, -0.15) is 0 Å². The molecule has 2 aromatic rings. The van der Waals surface area contributed by atoms with Crippen molar-refractivity contribution < 1.29 is 19.2 Å². The molecule has 0 bridgehead atoms. The molecule has 2 aliphatic heterocycles. The number of hydroxylamine groups is 2. The second-order valence-electron chi connectivity index (χ2n) is 5.89. The lowest BCUT2D eigenvalue weighted by atomic mass is 10.1. The van der Waals surface area contributed by atoms with E-state index in [1.54, 1.807) is 17.5 Å². The van der Waals surface area contributed by atoms with Crippen LogP contribution in [0.15, 0.2) is 29.6 Å². The zero-order valence-corrected chi connectivity index (χ0v) is 14.1. The van der Waals surface area contributed by atoms with Crippen LogP contribution in [0, 0.1) is 0 Å². The third-order valence-corrected chi connectivity index (χ3v) is 5.16. The molecule has 128 valence electrons. The molecule has 8 heteroatoms. The normalized spacial score (nSPS) is 17.0. The van der Waals surface area contributed by atoms with Gasteiger partial charge in [0.25, 0.3) is 11.8 Å². The first-order valence-corrected chi connectivity index (χ1v) is 8.94. The number of rotatable bonds is 3. The van der Waals surface area contributed by atoms with Gasteiger partial charge in [0.15, 0.2) is 10.8 Å². The molecule has 25 heavy (non-hydrogen) atoms. The summed E-state index contributed by atoms with van der Waals surface area (Å²) in [7, 11) is 0. The van der Waals surface area contributed by atoms with Gasteiger partial charge in [-0.1, -0.05) is 17.2 Å². The Morgan fingerprint density at radius 1 is 1.04 bits per heavy atom. The summed E-state index contributed by atoms with van der Waals surface area (Å²) in [6, 6.07) is 6.36. The van der Waals surface area contributed by atoms with Crippen molar-refractivity contribution in [3.8, 4) is 0 Å². The summed E-state index contributed by atoms with van der Waals surface area (Å²) in [6.45, 7) is 1.83. The van der Waals surface area contributed by atoms with Crippen LogP contribution in [0.4, 0.5) is 5.13 Å². The molecule has 2 amide bonds. The molecule has 1 aromatic heterocycles. The highest BCUT2D eigenvalue weighted by Crippen LogP contribution is 2.26. The van der Waals surface area contributed by atoms with Crippen LogP contribution in [0.3, 0.4) is 0 Å². The second kappa shape index (κ2) is 6.29. The van der Waals surface area contributed by atoms with E-state index in [0.29, 0.717) is 5.06 Å². The van der Waals surface area contributed by atoms with E-state index >= 15 is 0 Å². The minimum absolute atomic E-state index is 0.0992. The third kappa shape index (κ3) is 2.78. The summed E-state index contributed by atoms with van der Waals surface area (Å²) in [5.74, 6) is -2.09. The summed E-state index contributed by atoms with van der Waals surface area (Å²) < 4.78 is 0. The van der Waals surface area contributed by atoms with E-state index in [0.717, 1.165) is 31.1 Å². The van der Waals surface area contributed by atoms with E-state index in [1.165, 1.54) is 29.9 Å². The average molecular weight is 357 g/mol. The Bertz CT molecular complexity index is 822. The molecule has 1 saturated heterocycles. The van der Waals surface area contributed by atoms with E-state index in [9.17, 15) is 14.4 Å². The predicted molar refractivity (Wildman–Crippen MR) is 90.5 cm³/mol. The highest BCUT2D eigenvalue weighted by atomic mass is 32.1. The first-order chi connectivity index (χ1) is 12.1. The van der Waals surface area contributed by atoms with Gasteiger partial charge >= 0.3 is 5.97 Å². The van der Waals surface area contributed by atoms with E-state index in [1.807, 2.05) is 0 Å². The van der Waals surface area contributed by atoms with Crippen molar-refractivity contribution in [2.75, 3.05) is 18.0 Å². The molecule has 2 aliphatic rings. The Kier molecular flexibility index (Phi) is 3.96. The number of thiazole rings is 1. The summed E-state index contributed by atoms with van der Waals surface area (Å²) in [5, 5.41) is 2.85. The number of hydrogen-bond donors (Lipinski definition) is 0. The van der Waals surface area contributed by atoms with Crippen molar-refractivity contribution in [1.29, 1.82) is 0 Å². The van der Waals surface area contributed by atoms with Gasteiger partial charge in [-0.25, -0.2) is 9.78 Å². The van der Waals surface area contributed by atoms with E-state index in [2.05, 4.69) is 9.88 Å². The maximum Gasteiger partial charge on any atom is 0.383 e. The number of piperidine rings is 1. The largest absolute Gasteiger partial charge is 0.383 e. The molecule has 0 radical (unpaired) electrons. The monoisotopic (exact) mass is 357 g/mol. The molecule has 0 N–H and O–H groups in total. The van der Waals surface area contributed by atoms with Gasteiger partial charge in [-0.3, -0.25) is 9.59 Å². The van der Waals surface area contributed by atoms with Crippen LogP contribution in [0.1, 0.15) is 50.5 Å². The van der Waals surface area contributed by atoms with Gasteiger partial charge in [0, 0.05) is 18.5 Å². The van der Waals surface area contributed by atoms with Gasteiger partial charge < -0.3 is 9.74 Å². The van der Waals surface area contributed by atoms with Crippen LogP contribution in [0.25, 0.3) is 0 Å². The Hall–Kier alpha value is -2.74. The lowest BCUT2D eigenvalue weighted by Gasteiger charge is -2.25. The number of fused-ring (bicyclic) bond motifs is 1. The van der Waals surface area contributed by atoms with E-state index < -0.39 is 17.8 Å². The number of hydrogen-bond acceptors (Lipinski definition) is 7. The fourth-order valence-corrected chi connectivity index (χ4v) is 3.82. The highest BCUT2D eigenvalue weighted by Gasteiger charge is 2.39. The van der Waals surface area contributed by atoms with Gasteiger partial charge in [-0.15, -0.1) is 11.3 Å². The maximum absolute atomic E-state index is 12.3. The summed E-state index contributed by atoms with van der Waals surface area (Å²) >= 11 is 1.36. The van der Waals surface area contributed by atoms with Crippen molar-refractivity contribution in [2.24, 2.45) is 0 Å². The molecule has 0 saturated carbocycles. The van der Waals surface area contributed by atoms with E-state index in [4.69, 9.17) is 4.84 Å². The number of nitrogens with zero attached hydrogens (tertiary/aromatic N) is 3. The summed E-state index contributed by atoms with van der Waals surface area (Å²) in [5.41, 5.74) is 0.558. The van der Waals surface area contributed by atoms with E-state index in [-0.39, 0.29) is 16.8 Å². The molecule has 1 fully saturated rings. The minimum Gasteiger partial charge on any atom is -0.348 e. The molecule has 1 aromatic carbocycles. The zero-order chi connectivity index (χ0) is 17.4. The third-order valence-electron chi connectivity index (χ3n) is 4.26. The van der Waals surface area contributed by atoms with Crippen LogP contribution < -0.4 is 4.90 Å². The molecule has 0 spiro atoms. The van der Waals surface area contributed by atoms with Crippen molar-refractivity contribution in [2.45, 2.75) is 19.3 Å². The van der Waals surface area contributed by atoms with Gasteiger partial charge in [0.2, 0.25) is 0 Å². The topological polar surface area (TPSA) is 79.8 Å². The molecule has 7 nitrogen and oxygen atoms in total. The number of imide groups is 1. The quantitative estimate of drug-likeness (QED) is 0.785. The van der Waals surface area contributed by atoms with Gasteiger partial charge in [-0.05, 0) is 31.4 Å². The number of carbonyl (C=O) groups is 3. The lowest BCUT2D eigenvalue weighted by molar-refractivity contribution is -0.0587. The molecule has 3 heterocycles. The van der Waals surface area contributed by atoms with Gasteiger partial charge in [0.05, 0.1) is 11.1 Å². The second-order valence-corrected chi connectivity index (χ2v) is 6.73. The Balaban J connectivity index is 1.49. The molecule has 0 aliphatic carbocycles. The van der Waals surface area contributed by atoms with Crippen LogP contribution in [-0.2, 0) is 4.84 Å². The van der Waals surface area contributed by atoms with Crippen LogP contribution in [0.5, 0.6) is 0 Å². The lowest BCUT2D eigenvalue weighted by Crippen LogP contribution is -2.33. The minimum atomic E-state index is -0.811. The predicted octanol–water partition coefficient (Wildman–Crippen LogP) is 2.50. The van der Waals surface area contributed by atoms with Crippen molar-refractivity contribution in [1.82, 2.24) is 10.0 Å². The Morgan fingerprint density at radius 2 is 1.68 bits per heavy atom. The number of amides is 2. The number of anilines is 1. The average Bonchev–Trinajstić information content (AvgIpc) is 3.23. The highest BCUT2D eigenvalue weighted by molar-refractivity contribution is 7.13. The standard InChI is InChI=1S/C17H15N3O4S/c21-14-11-6-2-3-7-12(11)15(22)20(14)24-16(23)13-10-25-17(18-13)19-8-4-1-5-9-19/h2-3,6-7,10H,1,4-5,8-9H2.